The Morgan fingerprint density at radius 3 is 2.21 bits per heavy atom. The number of benzene rings is 1. The van der Waals surface area contributed by atoms with Gasteiger partial charge < -0.3 is 11.1 Å². The van der Waals surface area contributed by atoms with Crippen molar-refractivity contribution in [2.24, 2.45) is 5.73 Å². The smallest absolute Gasteiger partial charge is 0.223 e. The van der Waals surface area contributed by atoms with Crippen LogP contribution in [0, 0.1) is 13.8 Å². The van der Waals surface area contributed by atoms with Gasteiger partial charge in [0.1, 0.15) is 0 Å². The van der Waals surface area contributed by atoms with Crippen LogP contribution in [0.4, 0.5) is 5.95 Å². The summed E-state index contributed by atoms with van der Waals surface area (Å²) >= 11 is 0. The van der Waals surface area contributed by atoms with Crippen LogP contribution in [0.5, 0.6) is 0 Å². The molecule has 1 aromatic heterocycles. The highest BCUT2D eigenvalue weighted by Gasteiger charge is 2.07. The van der Waals surface area contributed by atoms with Crippen LogP contribution >= 0.6 is 0 Å². The maximum absolute atomic E-state index is 5.60. The van der Waals surface area contributed by atoms with E-state index in [0.717, 1.165) is 17.0 Å². The molecule has 2 aromatic rings. The van der Waals surface area contributed by atoms with Crippen molar-refractivity contribution in [2.45, 2.75) is 33.4 Å². The fourth-order valence-corrected chi connectivity index (χ4v) is 2.01. The highest BCUT2D eigenvalue weighted by molar-refractivity contribution is 5.34. The van der Waals surface area contributed by atoms with Gasteiger partial charge in [-0.1, -0.05) is 24.3 Å². The Balaban J connectivity index is 2.13. The number of aryl methyl sites for hydroxylation is 2. The van der Waals surface area contributed by atoms with Crippen LogP contribution in [-0.4, -0.2) is 9.97 Å². The predicted molar refractivity (Wildman–Crippen MR) is 77.9 cm³/mol. The summed E-state index contributed by atoms with van der Waals surface area (Å²) in [4.78, 5) is 8.78. The molecule has 0 saturated heterocycles. The third-order valence-electron chi connectivity index (χ3n) is 3.04. The molecule has 0 fully saturated rings. The topological polar surface area (TPSA) is 63.8 Å². The van der Waals surface area contributed by atoms with Gasteiger partial charge in [-0.25, -0.2) is 9.97 Å². The van der Waals surface area contributed by atoms with Crippen LogP contribution in [0.1, 0.15) is 35.5 Å². The lowest BCUT2D eigenvalue weighted by molar-refractivity contribution is 0.851. The van der Waals surface area contributed by atoms with Crippen molar-refractivity contribution < 1.29 is 0 Å². The monoisotopic (exact) mass is 256 g/mol. The first kappa shape index (κ1) is 13.5. The first-order chi connectivity index (χ1) is 9.08. The molecule has 1 aromatic carbocycles. The third-order valence-corrected chi connectivity index (χ3v) is 3.04. The van der Waals surface area contributed by atoms with E-state index in [1.165, 1.54) is 5.56 Å². The van der Waals surface area contributed by atoms with E-state index in [-0.39, 0.29) is 6.04 Å². The van der Waals surface area contributed by atoms with Crippen LogP contribution < -0.4 is 11.1 Å². The summed E-state index contributed by atoms with van der Waals surface area (Å²) < 4.78 is 0. The molecular formula is C15H20N4. The van der Waals surface area contributed by atoms with Gasteiger partial charge in [-0.3, -0.25) is 0 Å². The number of anilines is 1. The molecule has 3 N–H and O–H groups in total. The molecule has 0 saturated carbocycles. The molecule has 1 atom stereocenters. The van der Waals surface area contributed by atoms with Gasteiger partial charge in [-0.2, -0.15) is 0 Å². The van der Waals surface area contributed by atoms with Crippen molar-refractivity contribution in [3.05, 3.63) is 52.8 Å². The van der Waals surface area contributed by atoms with E-state index in [4.69, 9.17) is 5.73 Å². The zero-order valence-corrected chi connectivity index (χ0v) is 11.6. The van der Waals surface area contributed by atoms with Crippen LogP contribution in [0.25, 0.3) is 0 Å². The van der Waals surface area contributed by atoms with Gasteiger partial charge in [0.15, 0.2) is 0 Å². The van der Waals surface area contributed by atoms with Gasteiger partial charge in [-0.05, 0) is 38.0 Å². The average molecular weight is 256 g/mol. The van der Waals surface area contributed by atoms with E-state index >= 15 is 0 Å². The van der Waals surface area contributed by atoms with Gasteiger partial charge >= 0.3 is 0 Å². The summed E-state index contributed by atoms with van der Waals surface area (Å²) in [6, 6.07) is 10.4. The predicted octanol–water partition coefficient (Wildman–Crippen LogP) is 2.73. The molecule has 0 bridgehead atoms. The van der Waals surface area contributed by atoms with Crippen molar-refractivity contribution in [2.75, 3.05) is 5.32 Å². The number of hydrogen-bond acceptors (Lipinski definition) is 4. The summed E-state index contributed by atoms with van der Waals surface area (Å²) in [6.07, 6.45) is 0. The van der Waals surface area contributed by atoms with Crippen molar-refractivity contribution in [3.63, 3.8) is 0 Å². The minimum absolute atomic E-state index is 0.160. The van der Waals surface area contributed by atoms with Crippen LogP contribution in [-0.2, 0) is 6.54 Å². The summed E-state index contributed by atoms with van der Waals surface area (Å²) in [6.45, 7) is 6.61. The molecule has 19 heavy (non-hydrogen) atoms. The second kappa shape index (κ2) is 5.80. The summed E-state index contributed by atoms with van der Waals surface area (Å²) in [5.41, 5.74) is 9.87. The molecule has 100 valence electrons. The number of nitrogens with zero attached hydrogens (tertiary/aromatic N) is 2. The fraction of sp³-hybridized carbons (Fsp3) is 0.333. The highest BCUT2D eigenvalue weighted by atomic mass is 15.1. The maximum atomic E-state index is 5.60. The van der Waals surface area contributed by atoms with E-state index in [9.17, 15) is 0 Å². The number of nitrogens with one attached hydrogen (secondary N) is 1. The number of nitrogens with two attached hydrogens (primary N) is 1. The van der Waals surface area contributed by atoms with Crippen LogP contribution in [0.2, 0.25) is 0 Å². The summed E-state index contributed by atoms with van der Waals surface area (Å²) in [5.74, 6) is 0.674. The first-order valence-electron chi connectivity index (χ1n) is 6.46. The fourth-order valence-electron chi connectivity index (χ4n) is 2.01. The molecule has 4 nitrogen and oxygen atoms in total. The number of rotatable bonds is 4. The van der Waals surface area contributed by atoms with Crippen molar-refractivity contribution >= 4 is 5.95 Å². The molecule has 1 unspecified atom stereocenters. The highest BCUT2D eigenvalue weighted by Crippen LogP contribution is 2.17. The Kier molecular flexibility index (Phi) is 4.12. The molecule has 0 spiro atoms. The Labute approximate surface area is 114 Å². The van der Waals surface area contributed by atoms with Gasteiger partial charge in [0, 0.05) is 17.9 Å². The summed E-state index contributed by atoms with van der Waals surface area (Å²) in [5, 5.41) is 3.32. The zero-order chi connectivity index (χ0) is 13.8. The standard InChI is InChI=1S/C15H20N4/c1-10-8-11(2)18-15(17-10)19-12(3)14-6-4-13(9-16)5-7-14/h4-8,12H,9,16H2,1-3H3,(H,17,18,19). The van der Waals surface area contributed by atoms with Crippen molar-refractivity contribution in [1.29, 1.82) is 0 Å². The maximum Gasteiger partial charge on any atom is 0.223 e. The Bertz CT molecular complexity index is 528. The lowest BCUT2D eigenvalue weighted by Gasteiger charge is -2.15. The van der Waals surface area contributed by atoms with Gasteiger partial charge in [0.25, 0.3) is 0 Å². The molecule has 0 aliphatic carbocycles. The van der Waals surface area contributed by atoms with Gasteiger partial charge in [0.05, 0.1) is 6.04 Å². The average Bonchev–Trinajstić information content (AvgIpc) is 2.37. The van der Waals surface area contributed by atoms with E-state index in [2.05, 4.69) is 46.5 Å². The quantitative estimate of drug-likeness (QED) is 0.883. The lowest BCUT2D eigenvalue weighted by atomic mass is 10.1. The van der Waals surface area contributed by atoms with E-state index in [1.54, 1.807) is 0 Å². The molecule has 0 amide bonds. The molecule has 1 heterocycles. The zero-order valence-electron chi connectivity index (χ0n) is 11.6. The van der Waals surface area contributed by atoms with Crippen molar-refractivity contribution in [1.82, 2.24) is 9.97 Å². The Morgan fingerprint density at radius 2 is 1.68 bits per heavy atom. The van der Waals surface area contributed by atoms with E-state index < -0.39 is 0 Å². The Morgan fingerprint density at radius 1 is 1.11 bits per heavy atom. The number of aromatic nitrogens is 2. The molecule has 2 rings (SSSR count). The second-order valence-electron chi connectivity index (χ2n) is 4.79. The van der Waals surface area contributed by atoms with E-state index in [0.29, 0.717) is 12.5 Å². The second-order valence-corrected chi connectivity index (χ2v) is 4.79. The molecule has 0 radical (unpaired) electrons. The first-order valence-corrected chi connectivity index (χ1v) is 6.46. The van der Waals surface area contributed by atoms with E-state index in [1.807, 2.05) is 19.9 Å². The minimum atomic E-state index is 0.160. The molecule has 0 aliphatic rings. The van der Waals surface area contributed by atoms with Crippen molar-refractivity contribution in [3.8, 4) is 0 Å². The van der Waals surface area contributed by atoms with Crippen LogP contribution in [0.3, 0.4) is 0 Å². The summed E-state index contributed by atoms with van der Waals surface area (Å²) in [7, 11) is 0. The largest absolute Gasteiger partial charge is 0.348 e. The van der Waals surface area contributed by atoms with Gasteiger partial charge in [0.2, 0.25) is 5.95 Å². The van der Waals surface area contributed by atoms with Gasteiger partial charge in [-0.15, -0.1) is 0 Å². The SMILES string of the molecule is Cc1cc(C)nc(NC(C)c2ccc(CN)cc2)n1. The normalized spacial score (nSPS) is 12.2. The molecule has 4 heteroatoms. The number of hydrogen-bond donors (Lipinski definition) is 2. The Hall–Kier alpha value is -1.94. The van der Waals surface area contributed by atoms with Crippen LogP contribution in [0.15, 0.2) is 30.3 Å². The molecular weight excluding hydrogens is 236 g/mol. The third kappa shape index (κ3) is 3.51. The minimum Gasteiger partial charge on any atom is -0.348 e. The lowest BCUT2D eigenvalue weighted by Crippen LogP contribution is -2.10. The molecule has 0 aliphatic heterocycles.